The Kier molecular flexibility index (Phi) is 5.77. The summed E-state index contributed by atoms with van der Waals surface area (Å²) in [4.78, 5) is 24.7. The number of ether oxygens (including phenoxy) is 3. The van der Waals surface area contributed by atoms with Gasteiger partial charge in [-0.05, 0) is 48.7 Å². The first kappa shape index (κ1) is 20.3. The fourth-order valence-corrected chi connectivity index (χ4v) is 3.40. The molecule has 0 unspecified atom stereocenters. The van der Waals surface area contributed by atoms with Gasteiger partial charge in [-0.25, -0.2) is 4.79 Å². The van der Waals surface area contributed by atoms with E-state index in [-0.39, 0.29) is 12.5 Å². The molecule has 152 valence electrons. The number of hydrogen-bond donors (Lipinski definition) is 1. The zero-order valence-corrected chi connectivity index (χ0v) is 17.0. The van der Waals surface area contributed by atoms with Gasteiger partial charge in [0.05, 0.1) is 21.3 Å². The molecule has 0 fully saturated rings. The van der Waals surface area contributed by atoms with Crippen molar-refractivity contribution in [3.05, 3.63) is 63.0 Å². The second kappa shape index (κ2) is 8.26. The average Bonchev–Trinajstić information content (AvgIpc) is 2.69. The van der Waals surface area contributed by atoms with E-state index in [1.165, 1.54) is 27.4 Å². The molecule has 7 heteroatoms. The van der Waals surface area contributed by atoms with Gasteiger partial charge in [0.15, 0.2) is 11.5 Å². The highest BCUT2D eigenvalue weighted by molar-refractivity contribution is 5.96. The summed E-state index contributed by atoms with van der Waals surface area (Å²) in [5.74, 6) is 0.836. The Morgan fingerprint density at radius 3 is 2.21 bits per heavy atom. The second-order valence-electron chi connectivity index (χ2n) is 6.64. The molecule has 0 saturated heterocycles. The molecule has 3 rings (SSSR count). The molecule has 0 radical (unpaired) electrons. The van der Waals surface area contributed by atoms with Crippen molar-refractivity contribution in [1.29, 1.82) is 0 Å². The number of hydrogen-bond acceptors (Lipinski definition) is 6. The van der Waals surface area contributed by atoms with E-state index in [9.17, 15) is 9.59 Å². The van der Waals surface area contributed by atoms with Crippen LogP contribution in [0.25, 0.3) is 11.0 Å². The van der Waals surface area contributed by atoms with E-state index in [1.54, 1.807) is 12.1 Å². The highest BCUT2D eigenvalue weighted by Crippen LogP contribution is 2.38. The van der Waals surface area contributed by atoms with Crippen molar-refractivity contribution in [2.24, 2.45) is 0 Å². The molecule has 1 N–H and O–H groups in total. The topological polar surface area (TPSA) is 87.0 Å². The number of methoxy groups -OCH3 is 3. The molecule has 7 nitrogen and oxygen atoms in total. The van der Waals surface area contributed by atoms with E-state index < -0.39 is 5.63 Å². The summed E-state index contributed by atoms with van der Waals surface area (Å²) >= 11 is 0. The first-order chi connectivity index (χ1) is 13.9. The zero-order valence-electron chi connectivity index (χ0n) is 17.0. The Morgan fingerprint density at radius 1 is 0.966 bits per heavy atom. The van der Waals surface area contributed by atoms with Crippen LogP contribution in [0.2, 0.25) is 0 Å². The lowest BCUT2D eigenvalue weighted by Crippen LogP contribution is -2.23. The second-order valence-corrected chi connectivity index (χ2v) is 6.64. The quantitative estimate of drug-likeness (QED) is 0.642. The summed E-state index contributed by atoms with van der Waals surface area (Å²) in [7, 11) is 4.47. The van der Waals surface area contributed by atoms with E-state index in [4.69, 9.17) is 18.6 Å². The maximum atomic E-state index is 12.7. The van der Waals surface area contributed by atoms with Gasteiger partial charge < -0.3 is 23.9 Å². The number of carbonyl (C=O) groups excluding carboxylic acids is 1. The fourth-order valence-electron chi connectivity index (χ4n) is 3.40. The van der Waals surface area contributed by atoms with Crippen LogP contribution < -0.4 is 25.2 Å². The largest absolute Gasteiger partial charge is 0.493 e. The van der Waals surface area contributed by atoms with Gasteiger partial charge in [0.25, 0.3) is 5.91 Å². The highest BCUT2D eigenvalue weighted by atomic mass is 16.5. The lowest BCUT2D eigenvalue weighted by atomic mass is 10.0. The van der Waals surface area contributed by atoms with Crippen LogP contribution in [-0.2, 0) is 6.54 Å². The van der Waals surface area contributed by atoms with Crippen molar-refractivity contribution in [2.45, 2.75) is 20.4 Å². The Morgan fingerprint density at radius 2 is 1.62 bits per heavy atom. The molecule has 0 aliphatic heterocycles. The number of aryl methyl sites for hydroxylation is 2. The van der Waals surface area contributed by atoms with Crippen LogP contribution in [0.4, 0.5) is 0 Å². The molecule has 29 heavy (non-hydrogen) atoms. The van der Waals surface area contributed by atoms with Gasteiger partial charge in [-0.3, -0.25) is 4.79 Å². The highest BCUT2D eigenvalue weighted by Gasteiger charge is 2.17. The first-order valence-electron chi connectivity index (χ1n) is 9.00. The Labute approximate surface area is 168 Å². The molecule has 2 aromatic carbocycles. The van der Waals surface area contributed by atoms with Crippen LogP contribution in [0.1, 0.15) is 27.0 Å². The molecule has 0 bridgehead atoms. The SMILES string of the molecule is COc1cc(C(=O)NCc2cc(=O)oc3cc(C)cc(C)c23)cc(OC)c1OC. The van der Waals surface area contributed by atoms with Crippen LogP contribution in [0.15, 0.2) is 39.5 Å². The van der Waals surface area contributed by atoms with E-state index in [0.29, 0.717) is 34.0 Å². The first-order valence-corrected chi connectivity index (χ1v) is 9.00. The lowest BCUT2D eigenvalue weighted by Gasteiger charge is -2.14. The van der Waals surface area contributed by atoms with Gasteiger partial charge in [0.2, 0.25) is 5.75 Å². The maximum absolute atomic E-state index is 12.7. The smallest absolute Gasteiger partial charge is 0.336 e. The molecule has 0 aliphatic carbocycles. The molecule has 0 spiro atoms. The van der Waals surface area contributed by atoms with E-state index in [0.717, 1.165) is 16.5 Å². The molecule has 1 amide bonds. The summed E-state index contributed by atoms with van der Waals surface area (Å²) in [5.41, 5.74) is 3.05. The number of carbonyl (C=O) groups is 1. The molecule has 3 aromatic rings. The van der Waals surface area contributed by atoms with E-state index >= 15 is 0 Å². The monoisotopic (exact) mass is 397 g/mol. The summed E-state index contributed by atoms with van der Waals surface area (Å²) < 4.78 is 21.2. The minimum atomic E-state index is -0.459. The van der Waals surface area contributed by atoms with Crippen molar-refractivity contribution in [2.75, 3.05) is 21.3 Å². The van der Waals surface area contributed by atoms with Crippen molar-refractivity contribution >= 4 is 16.9 Å². The summed E-state index contributed by atoms with van der Waals surface area (Å²) in [6.07, 6.45) is 0. The van der Waals surface area contributed by atoms with Gasteiger partial charge in [0, 0.05) is 23.6 Å². The summed E-state index contributed by atoms with van der Waals surface area (Å²) in [6, 6.07) is 8.37. The Hall–Kier alpha value is -3.48. The fraction of sp³-hybridized carbons (Fsp3) is 0.273. The number of benzene rings is 2. The average molecular weight is 397 g/mol. The number of nitrogens with one attached hydrogen (secondary N) is 1. The predicted octanol–water partition coefficient (Wildman–Crippen LogP) is 3.37. The van der Waals surface area contributed by atoms with Crippen molar-refractivity contribution in [1.82, 2.24) is 5.32 Å². The molecular formula is C22H23NO6. The zero-order chi connectivity index (χ0) is 21.1. The van der Waals surface area contributed by atoms with Gasteiger partial charge in [-0.2, -0.15) is 0 Å². The third-order valence-corrected chi connectivity index (χ3v) is 4.63. The number of fused-ring (bicyclic) bond motifs is 1. The van der Waals surface area contributed by atoms with Crippen molar-refractivity contribution in [3.63, 3.8) is 0 Å². The molecule has 0 saturated carbocycles. The van der Waals surface area contributed by atoms with Gasteiger partial charge in [-0.15, -0.1) is 0 Å². The Bertz CT molecular complexity index is 1110. The normalized spacial score (nSPS) is 10.7. The number of rotatable bonds is 6. The van der Waals surface area contributed by atoms with Crippen LogP contribution in [-0.4, -0.2) is 27.2 Å². The van der Waals surface area contributed by atoms with Crippen molar-refractivity contribution in [3.8, 4) is 17.2 Å². The molecule has 1 aromatic heterocycles. The van der Waals surface area contributed by atoms with E-state index in [2.05, 4.69) is 5.32 Å². The van der Waals surface area contributed by atoms with Crippen molar-refractivity contribution < 1.29 is 23.4 Å². The third-order valence-electron chi connectivity index (χ3n) is 4.63. The molecule has 0 atom stereocenters. The lowest BCUT2D eigenvalue weighted by molar-refractivity contribution is 0.0950. The number of amides is 1. The third kappa shape index (κ3) is 4.03. The summed E-state index contributed by atoms with van der Waals surface area (Å²) in [5, 5.41) is 3.66. The minimum Gasteiger partial charge on any atom is -0.493 e. The van der Waals surface area contributed by atoms with Gasteiger partial charge in [0.1, 0.15) is 5.58 Å². The minimum absolute atomic E-state index is 0.168. The van der Waals surface area contributed by atoms with Crippen LogP contribution in [0.3, 0.4) is 0 Å². The van der Waals surface area contributed by atoms with Crippen LogP contribution in [0.5, 0.6) is 17.2 Å². The van der Waals surface area contributed by atoms with Gasteiger partial charge >= 0.3 is 5.63 Å². The van der Waals surface area contributed by atoms with Crippen LogP contribution in [0, 0.1) is 13.8 Å². The maximum Gasteiger partial charge on any atom is 0.336 e. The molecule has 1 heterocycles. The van der Waals surface area contributed by atoms with E-state index in [1.807, 2.05) is 26.0 Å². The standard InChI is InChI=1S/C22H23NO6/c1-12-6-13(2)20-15(10-19(24)29-16(20)7-12)11-23-22(25)14-8-17(26-3)21(28-5)18(9-14)27-4/h6-10H,11H2,1-5H3,(H,23,25). The predicted molar refractivity (Wildman–Crippen MR) is 109 cm³/mol. The Balaban J connectivity index is 1.93. The molecular weight excluding hydrogens is 374 g/mol. The van der Waals surface area contributed by atoms with Gasteiger partial charge in [-0.1, -0.05) is 6.07 Å². The van der Waals surface area contributed by atoms with Crippen LogP contribution >= 0.6 is 0 Å². The molecule has 0 aliphatic rings. The summed E-state index contributed by atoms with van der Waals surface area (Å²) in [6.45, 7) is 4.05.